The first-order chi connectivity index (χ1) is 12.3. The maximum Gasteiger partial charge on any atom is 0.257 e. The summed E-state index contributed by atoms with van der Waals surface area (Å²) in [6.07, 6.45) is -0.717. The minimum Gasteiger partial charge on any atom is -0.467 e. The van der Waals surface area contributed by atoms with Crippen molar-refractivity contribution in [3.05, 3.63) is 66.0 Å². The molecule has 0 spiro atoms. The Morgan fingerprint density at radius 1 is 1.12 bits per heavy atom. The van der Waals surface area contributed by atoms with E-state index in [2.05, 4.69) is 15.5 Å². The van der Waals surface area contributed by atoms with Gasteiger partial charge in [-0.25, -0.2) is 0 Å². The Morgan fingerprint density at radius 3 is 2.80 bits per heavy atom. The second-order valence-electron chi connectivity index (χ2n) is 5.45. The zero-order valence-electron chi connectivity index (χ0n) is 13.2. The summed E-state index contributed by atoms with van der Waals surface area (Å²) in [5.41, 5.74) is 1.53. The highest BCUT2D eigenvalue weighted by molar-refractivity contribution is 5.83. The average molecular weight is 337 g/mol. The van der Waals surface area contributed by atoms with Crippen LogP contribution in [0.15, 0.2) is 59.1 Å². The smallest absolute Gasteiger partial charge is 0.257 e. The number of para-hydroxylation sites is 1. The first kappa shape index (κ1) is 15.3. The molecule has 1 amide bonds. The molecule has 0 aliphatic carbocycles. The van der Waals surface area contributed by atoms with Gasteiger partial charge in [0.15, 0.2) is 18.7 Å². The molecule has 0 saturated carbocycles. The number of carbonyl (C=O) groups excluding carboxylic acids is 1. The summed E-state index contributed by atoms with van der Waals surface area (Å²) in [5, 5.41) is 6.66. The maximum absolute atomic E-state index is 12.4. The molecule has 1 aromatic heterocycles. The molecule has 0 unspecified atom stereocenters. The highest BCUT2D eigenvalue weighted by Crippen LogP contribution is 2.31. The standard InChI is InChI=1S/C18H15N3O4/c22-17(16-13-8-4-5-9-14(13)23-11-24-16)19-10-15-20-18(25-21-15)12-6-2-1-3-7-12/h1-9,16H,10-11H2,(H,19,22)/t16-/m1/s1. The third kappa shape index (κ3) is 3.22. The molecule has 25 heavy (non-hydrogen) atoms. The van der Waals surface area contributed by atoms with E-state index < -0.39 is 6.10 Å². The summed E-state index contributed by atoms with van der Waals surface area (Å²) in [6, 6.07) is 16.7. The van der Waals surface area contributed by atoms with Crippen molar-refractivity contribution in [2.75, 3.05) is 6.79 Å². The SMILES string of the molecule is O=C(NCc1noc(-c2ccccc2)n1)[C@@H]1OCOc2ccccc21. The summed E-state index contributed by atoms with van der Waals surface area (Å²) in [5.74, 6) is 1.19. The topological polar surface area (TPSA) is 86.5 Å². The quantitative estimate of drug-likeness (QED) is 0.787. The molecule has 1 aliphatic heterocycles. The molecule has 126 valence electrons. The molecule has 7 nitrogen and oxygen atoms in total. The molecule has 0 saturated heterocycles. The minimum absolute atomic E-state index is 0.0372. The Kier molecular flexibility index (Phi) is 4.14. The fourth-order valence-corrected chi connectivity index (χ4v) is 2.58. The molecule has 4 rings (SSSR count). The maximum atomic E-state index is 12.4. The predicted octanol–water partition coefficient (Wildman–Crippen LogP) is 2.46. The van der Waals surface area contributed by atoms with Crippen LogP contribution in [-0.4, -0.2) is 22.8 Å². The Balaban J connectivity index is 1.42. The van der Waals surface area contributed by atoms with E-state index in [-0.39, 0.29) is 19.2 Å². The normalized spacial score (nSPS) is 15.9. The van der Waals surface area contributed by atoms with Gasteiger partial charge >= 0.3 is 0 Å². The number of hydrogen-bond donors (Lipinski definition) is 1. The van der Waals surface area contributed by atoms with Gasteiger partial charge < -0.3 is 19.3 Å². The van der Waals surface area contributed by atoms with Crippen molar-refractivity contribution in [3.8, 4) is 17.2 Å². The van der Waals surface area contributed by atoms with E-state index in [0.29, 0.717) is 23.0 Å². The van der Waals surface area contributed by atoms with Crippen LogP contribution in [0.5, 0.6) is 5.75 Å². The number of amides is 1. The molecular formula is C18H15N3O4. The zero-order valence-corrected chi connectivity index (χ0v) is 13.2. The number of carbonyl (C=O) groups is 1. The summed E-state index contributed by atoms with van der Waals surface area (Å²) in [6.45, 7) is 0.188. The van der Waals surface area contributed by atoms with E-state index in [1.165, 1.54) is 0 Å². The Morgan fingerprint density at radius 2 is 1.92 bits per heavy atom. The summed E-state index contributed by atoms with van der Waals surface area (Å²) < 4.78 is 16.0. The van der Waals surface area contributed by atoms with E-state index in [1.807, 2.05) is 48.5 Å². The van der Waals surface area contributed by atoms with Gasteiger partial charge in [-0.1, -0.05) is 41.6 Å². The van der Waals surface area contributed by atoms with Crippen molar-refractivity contribution in [2.24, 2.45) is 0 Å². The van der Waals surface area contributed by atoms with Gasteiger partial charge in [-0.15, -0.1) is 0 Å². The van der Waals surface area contributed by atoms with Crippen LogP contribution in [0.3, 0.4) is 0 Å². The summed E-state index contributed by atoms with van der Waals surface area (Å²) >= 11 is 0. The van der Waals surface area contributed by atoms with Crippen molar-refractivity contribution >= 4 is 5.91 Å². The second kappa shape index (κ2) is 6.74. The van der Waals surface area contributed by atoms with Crippen LogP contribution in [0.2, 0.25) is 0 Å². The molecule has 3 aromatic rings. The molecule has 0 radical (unpaired) electrons. The number of rotatable bonds is 4. The zero-order chi connectivity index (χ0) is 17.1. The molecular weight excluding hydrogens is 322 g/mol. The largest absolute Gasteiger partial charge is 0.467 e. The van der Waals surface area contributed by atoms with Crippen LogP contribution in [0.25, 0.3) is 11.5 Å². The van der Waals surface area contributed by atoms with Gasteiger partial charge in [0, 0.05) is 11.1 Å². The molecule has 1 N–H and O–H groups in total. The second-order valence-corrected chi connectivity index (χ2v) is 5.45. The third-order valence-electron chi connectivity index (χ3n) is 3.80. The predicted molar refractivity (Wildman–Crippen MR) is 87.3 cm³/mol. The summed E-state index contributed by atoms with van der Waals surface area (Å²) in [4.78, 5) is 16.7. The van der Waals surface area contributed by atoms with Gasteiger partial charge in [0.1, 0.15) is 5.75 Å². The molecule has 2 aromatic carbocycles. The van der Waals surface area contributed by atoms with E-state index >= 15 is 0 Å². The van der Waals surface area contributed by atoms with Crippen LogP contribution in [0.4, 0.5) is 0 Å². The molecule has 1 atom stereocenters. The monoisotopic (exact) mass is 337 g/mol. The van der Waals surface area contributed by atoms with Gasteiger partial charge in [-0.3, -0.25) is 4.79 Å². The van der Waals surface area contributed by atoms with E-state index in [1.54, 1.807) is 6.07 Å². The van der Waals surface area contributed by atoms with E-state index in [4.69, 9.17) is 14.0 Å². The first-order valence-corrected chi connectivity index (χ1v) is 7.80. The molecule has 1 aliphatic rings. The van der Waals surface area contributed by atoms with Gasteiger partial charge in [0.05, 0.1) is 6.54 Å². The highest BCUT2D eigenvalue weighted by atomic mass is 16.7. The van der Waals surface area contributed by atoms with Crippen LogP contribution in [-0.2, 0) is 16.1 Å². The van der Waals surface area contributed by atoms with Crippen molar-refractivity contribution < 1.29 is 18.8 Å². The van der Waals surface area contributed by atoms with Crippen LogP contribution in [0, 0.1) is 0 Å². The van der Waals surface area contributed by atoms with Crippen molar-refractivity contribution in [2.45, 2.75) is 12.6 Å². The van der Waals surface area contributed by atoms with E-state index in [0.717, 1.165) is 5.56 Å². The van der Waals surface area contributed by atoms with Gasteiger partial charge in [-0.05, 0) is 18.2 Å². The first-order valence-electron chi connectivity index (χ1n) is 7.80. The van der Waals surface area contributed by atoms with Gasteiger partial charge in [0.2, 0.25) is 0 Å². The summed E-state index contributed by atoms with van der Waals surface area (Å²) in [7, 11) is 0. The van der Waals surface area contributed by atoms with Crippen molar-refractivity contribution in [1.82, 2.24) is 15.5 Å². The molecule has 2 heterocycles. The number of hydrogen-bond acceptors (Lipinski definition) is 6. The minimum atomic E-state index is -0.717. The lowest BCUT2D eigenvalue weighted by atomic mass is 10.1. The average Bonchev–Trinajstić information content (AvgIpc) is 3.15. The Bertz CT molecular complexity index is 879. The van der Waals surface area contributed by atoms with Crippen LogP contribution < -0.4 is 10.1 Å². The molecule has 0 fully saturated rings. The lowest BCUT2D eigenvalue weighted by Gasteiger charge is -2.25. The molecule has 7 heteroatoms. The van der Waals surface area contributed by atoms with Gasteiger partial charge in [0.25, 0.3) is 11.8 Å². The lowest BCUT2D eigenvalue weighted by molar-refractivity contribution is -0.142. The number of nitrogens with one attached hydrogen (secondary N) is 1. The highest BCUT2D eigenvalue weighted by Gasteiger charge is 2.28. The fraction of sp³-hybridized carbons (Fsp3) is 0.167. The Labute approximate surface area is 143 Å². The van der Waals surface area contributed by atoms with Crippen molar-refractivity contribution in [3.63, 3.8) is 0 Å². The number of benzene rings is 2. The Hall–Kier alpha value is -3.19. The van der Waals surface area contributed by atoms with Crippen molar-refractivity contribution in [1.29, 1.82) is 0 Å². The van der Waals surface area contributed by atoms with E-state index in [9.17, 15) is 4.79 Å². The number of aromatic nitrogens is 2. The van der Waals surface area contributed by atoms with Crippen LogP contribution in [0.1, 0.15) is 17.5 Å². The lowest BCUT2D eigenvalue weighted by Crippen LogP contribution is -2.33. The third-order valence-corrected chi connectivity index (χ3v) is 3.80. The number of nitrogens with zero attached hydrogens (tertiary/aromatic N) is 2. The fourth-order valence-electron chi connectivity index (χ4n) is 2.58. The van der Waals surface area contributed by atoms with Gasteiger partial charge in [-0.2, -0.15) is 4.98 Å². The molecule has 0 bridgehead atoms. The number of ether oxygens (including phenoxy) is 2. The van der Waals surface area contributed by atoms with Crippen LogP contribution >= 0.6 is 0 Å². The number of fused-ring (bicyclic) bond motifs is 1.